The van der Waals surface area contributed by atoms with Crippen LogP contribution in [0.25, 0.3) is 11.1 Å². The third kappa shape index (κ3) is 4.23. The number of fused-ring (bicyclic) bond motifs is 1. The first kappa shape index (κ1) is 20.0. The van der Waals surface area contributed by atoms with Gasteiger partial charge >= 0.3 is 18.4 Å². The van der Waals surface area contributed by atoms with Crippen LogP contribution in [0.1, 0.15) is 11.1 Å². The molecule has 0 radical (unpaired) electrons. The van der Waals surface area contributed by atoms with E-state index in [-0.39, 0.29) is 19.5 Å². The molecule has 0 atom stereocenters. The van der Waals surface area contributed by atoms with Crippen LogP contribution < -0.4 is 0 Å². The van der Waals surface area contributed by atoms with Crippen LogP contribution >= 0.6 is 0 Å². The molecule has 2 aromatic carbocycles. The maximum Gasteiger partial charge on any atom is 0.434 e. The molecule has 0 aliphatic carbocycles. The van der Waals surface area contributed by atoms with E-state index >= 15 is 0 Å². The van der Waals surface area contributed by atoms with Gasteiger partial charge in [-0.15, -0.1) is 0 Å². The number of ether oxygens (including phenoxy) is 1. The van der Waals surface area contributed by atoms with Crippen LogP contribution in [-0.4, -0.2) is 36.0 Å². The molecule has 0 unspecified atom stereocenters. The Balaban J connectivity index is 1.80. The van der Waals surface area contributed by atoms with Crippen LogP contribution in [0.15, 0.2) is 48.5 Å². The molecular formula is C19H15F6NO2. The molecule has 0 saturated heterocycles. The number of carbonyl (C=O) groups is 1. The number of carbonyl (C=O) groups excluding carboxylic acids is 1. The topological polar surface area (TPSA) is 29.5 Å². The number of benzene rings is 2. The highest BCUT2D eigenvalue weighted by Gasteiger charge is 2.60. The van der Waals surface area contributed by atoms with Gasteiger partial charge in [-0.05, 0) is 28.7 Å². The van der Waals surface area contributed by atoms with E-state index in [1.165, 1.54) is 0 Å². The van der Waals surface area contributed by atoms with Crippen molar-refractivity contribution < 1.29 is 35.9 Å². The number of hydrogen-bond donors (Lipinski definition) is 0. The second-order valence-electron chi connectivity index (χ2n) is 6.33. The lowest BCUT2D eigenvalue weighted by molar-refractivity contribution is -0.308. The van der Waals surface area contributed by atoms with Gasteiger partial charge < -0.3 is 9.64 Å². The van der Waals surface area contributed by atoms with Gasteiger partial charge in [0, 0.05) is 13.1 Å². The van der Waals surface area contributed by atoms with Crippen molar-refractivity contribution in [2.45, 2.75) is 31.4 Å². The van der Waals surface area contributed by atoms with Gasteiger partial charge in [0.05, 0.1) is 0 Å². The highest BCUT2D eigenvalue weighted by molar-refractivity contribution is 5.72. The molecule has 0 bridgehead atoms. The number of halogens is 6. The van der Waals surface area contributed by atoms with Gasteiger partial charge in [-0.25, -0.2) is 4.79 Å². The monoisotopic (exact) mass is 403 g/mol. The van der Waals surface area contributed by atoms with Crippen molar-refractivity contribution in [3.8, 4) is 11.1 Å². The van der Waals surface area contributed by atoms with Gasteiger partial charge in [0.1, 0.15) is 0 Å². The maximum atomic E-state index is 12.6. The quantitative estimate of drug-likeness (QED) is 0.634. The SMILES string of the molecule is O=C(OC(C(F)(F)F)C(F)(F)F)N1CCc2c(cccc2-c2ccccc2)C1. The van der Waals surface area contributed by atoms with Crippen molar-refractivity contribution in [3.63, 3.8) is 0 Å². The molecule has 28 heavy (non-hydrogen) atoms. The van der Waals surface area contributed by atoms with Crippen LogP contribution in [0.5, 0.6) is 0 Å². The highest BCUT2D eigenvalue weighted by atomic mass is 19.4. The van der Waals surface area contributed by atoms with Crippen LogP contribution in [0.2, 0.25) is 0 Å². The second-order valence-corrected chi connectivity index (χ2v) is 6.33. The smallest absolute Gasteiger partial charge is 0.426 e. The van der Waals surface area contributed by atoms with Gasteiger partial charge in [0.25, 0.3) is 6.10 Å². The van der Waals surface area contributed by atoms with Crippen molar-refractivity contribution in [1.82, 2.24) is 4.90 Å². The fourth-order valence-corrected chi connectivity index (χ4v) is 3.15. The number of hydrogen-bond acceptors (Lipinski definition) is 2. The standard InChI is InChI=1S/C19H15F6NO2/c20-18(21,22)16(19(23,24)25)28-17(27)26-10-9-15-13(11-26)7-4-8-14(15)12-5-2-1-3-6-12/h1-8,16H,9-11H2. The molecule has 0 aromatic heterocycles. The third-order valence-corrected chi connectivity index (χ3v) is 4.42. The Hall–Kier alpha value is -2.71. The fraction of sp³-hybridized carbons (Fsp3) is 0.316. The Morgan fingerprint density at radius 2 is 1.57 bits per heavy atom. The van der Waals surface area contributed by atoms with Gasteiger partial charge in [-0.3, -0.25) is 0 Å². The Morgan fingerprint density at radius 1 is 0.929 bits per heavy atom. The molecule has 0 saturated carbocycles. The van der Waals surface area contributed by atoms with Crippen molar-refractivity contribution in [1.29, 1.82) is 0 Å². The zero-order chi connectivity index (χ0) is 20.5. The lowest BCUT2D eigenvalue weighted by Crippen LogP contribution is -2.48. The summed E-state index contributed by atoms with van der Waals surface area (Å²) >= 11 is 0. The molecule has 1 amide bonds. The van der Waals surface area contributed by atoms with E-state index < -0.39 is 24.5 Å². The Labute approximate surface area is 156 Å². The average Bonchev–Trinajstić information content (AvgIpc) is 2.63. The van der Waals surface area contributed by atoms with E-state index in [9.17, 15) is 31.1 Å². The molecule has 1 aliphatic heterocycles. The van der Waals surface area contributed by atoms with E-state index in [4.69, 9.17) is 0 Å². The Bertz CT molecular complexity index is 834. The summed E-state index contributed by atoms with van der Waals surface area (Å²) in [6.45, 7) is -0.171. The van der Waals surface area contributed by atoms with Crippen molar-refractivity contribution >= 4 is 6.09 Å². The maximum absolute atomic E-state index is 12.6. The molecule has 0 fully saturated rings. The van der Waals surface area contributed by atoms with Gasteiger partial charge in [0.2, 0.25) is 0 Å². The molecule has 0 spiro atoms. The van der Waals surface area contributed by atoms with E-state index in [0.29, 0.717) is 5.56 Å². The first-order valence-electron chi connectivity index (χ1n) is 8.32. The summed E-state index contributed by atoms with van der Waals surface area (Å²) in [6, 6.07) is 14.7. The zero-order valence-electron chi connectivity index (χ0n) is 14.3. The summed E-state index contributed by atoms with van der Waals surface area (Å²) in [6.07, 6.45) is -17.0. The molecule has 1 aliphatic rings. The average molecular weight is 403 g/mol. The van der Waals surface area contributed by atoms with Crippen molar-refractivity contribution in [2.75, 3.05) is 6.54 Å². The van der Waals surface area contributed by atoms with E-state index in [2.05, 4.69) is 4.74 Å². The molecule has 3 rings (SSSR count). The number of amides is 1. The summed E-state index contributed by atoms with van der Waals surface area (Å²) in [7, 11) is 0. The number of alkyl halides is 6. The molecular weight excluding hydrogens is 388 g/mol. The molecule has 1 heterocycles. The first-order chi connectivity index (χ1) is 13.1. The number of nitrogens with zero attached hydrogens (tertiary/aromatic N) is 1. The van der Waals surface area contributed by atoms with Crippen LogP contribution in [-0.2, 0) is 17.7 Å². The Morgan fingerprint density at radius 3 is 2.18 bits per heavy atom. The van der Waals surface area contributed by atoms with E-state index in [1.807, 2.05) is 36.4 Å². The minimum atomic E-state index is -5.73. The summed E-state index contributed by atoms with van der Waals surface area (Å²) < 4.78 is 79.4. The van der Waals surface area contributed by atoms with Gasteiger partial charge in [0.15, 0.2) is 0 Å². The van der Waals surface area contributed by atoms with Crippen LogP contribution in [0, 0.1) is 0 Å². The second kappa shape index (κ2) is 7.37. The van der Waals surface area contributed by atoms with Gasteiger partial charge in [-0.1, -0.05) is 48.5 Å². The van der Waals surface area contributed by atoms with Gasteiger partial charge in [-0.2, -0.15) is 26.3 Å². The molecule has 9 heteroatoms. The number of rotatable bonds is 2. The predicted octanol–water partition coefficient (Wildman–Crippen LogP) is 5.34. The predicted molar refractivity (Wildman–Crippen MR) is 88.4 cm³/mol. The van der Waals surface area contributed by atoms with Crippen LogP contribution in [0.3, 0.4) is 0 Å². The molecule has 150 valence electrons. The van der Waals surface area contributed by atoms with E-state index in [1.54, 1.807) is 12.1 Å². The summed E-state index contributed by atoms with van der Waals surface area (Å²) in [4.78, 5) is 12.8. The third-order valence-electron chi connectivity index (χ3n) is 4.42. The Kier molecular flexibility index (Phi) is 5.27. The molecule has 3 nitrogen and oxygen atoms in total. The largest absolute Gasteiger partial charge is 0.434 e. The summed E-state index contributed by atoms with van der Waals surface area (Å²) in [5, 5.41) is 0. The molecule has 0 N–H and O–H groups in total. The van der Waals surface area contributed by atoms with Crippen molar-refractivity contribution in [3.05, 3.63) is 59.7 Å². The highest BCUT2D eigenvalue weighted by Crippen LogP contribution is 2.37. The minimum Gasteiger partial charge on any atom is -0.426 e. The van der Waals surface area contributed by atoms with Crippen LogP contribution in [0.4, 0.5) is 31.1 Å². The lowest BCUT2D eigenvalue weighted by Gasteiger charge is -2.31. The first-order valence-corrected chi connectivity index (χ1v) is 8.32. The van der Waals surface area contributed by atoms with Crippen molar-refractivity contribution in [2.24, 2.45) is 0 Å². The summed E-state index contributed by atoms with van der Waals surface area (Å²) in [5.74, 6) is 0. The normalized spacial score (nSPS) is 14.8. The molecule has 2 aromatic rings. The lowest BCUT2D eigenvalue weighted by atomic mass is 9.91. The fourth-order valence-electron chi connectivity index (χ4n) is 3.15. The minimum absolute atomic E-state index is 0.0435. The zero-order valence-corrected chi connectivity index (χ0v) is 14.3. The van der Waals surface area contributed by atoms with E-state index in [0.717, 1.165) is 21.6 Å². The summed E-state index contributed by atoms with van der Waals surface area (Å²) in [5.41, 5.74) is 3.40.